The second-order valence-electron chi connectivity index (χ2n) is 7.54. The smallest absolute Gasteiger partial charge is 0.234 e. The minimum absolute atomic E-state index is 0.134. The molecule has 0 fully saturated rings. The van der Waals surface area contributed by atoms with Crippen LogP contribution >= 0.6 is 23.4 Å². The summed E-state index contributed by atoms with van der Waals surface area (Å²) in [5.74, 6) is 0.477. The van der Waals surface area contributed by atoms with Gasteiger partial charge in [-0.2, -0.15) is 0 Å². The first kappa shape index (κ1) is 23.5. The lowest BCUT2D eigenvalue weighted by Crippen LogP contribution is -2.14. The molecule has 9 heteroatoms. The molecule has 2 N–H and O–H groups in total. The number of hydrogen-bond acceptors (Lipinski definition) is 5. The van der Waals surface area contributed by atoms with E-state index in [1.165, 1.54) is 18.7 Å². The second kappa shape index (κ2) is 10.5. The number of aromatic nitrogens is 3. The summed E-state index contributed by atoms with van der Waals surface area (Å²) in [5.41, 5.74) is 4.00. The number of thioether (sulfide) groups is 1. The Labute approximate surface area is 206 Å². The summed E-state index contributed by atoms with van der Waals surface area (Å²) in [6.45, 7) is 3.37. The maximum atomic E-state index is 12.6. The first-order chi connectivity index (χ1) is 16.4. The monoisotopic (exact) mass is 491 g/mol. The number of anilines is 2. The van der Waals surface area contributed by atoms with E-state index in [9.17, 15) is 9.59 Å². The molecule has 0 spiro atoms. The molecule has 34 heavy (non-hydrogen) atoms. The van der Waals surface area contributed by atoms with Crippen LogP contribution in [0.15, 0.2) is 78.0 Å². The van der Waals surface area contributed by atoms with E-state index in [0.717, 1.165) is 16.8 Å². The number of amides is 2. The molecule has 0 bridgehead atoms. The minimum Gasteiger partial charge on any atom is -0.326 e. The Morgan fingerprint density at radius 1 is 0.941 bits per heavy atom. The molecule has 0 aliphatic heterocycles. The largest absolute Gasteiger partial charge is 0.326 e. The molecule has 172 valence electrons. The number of hydrogen-bond donors (Lipinski definition) is 2. The van der Waals surface area contributed by atoms with Gasteiger partial charge in [0.25, 0.3) is 0 Å². The zero-order valence-electron chi connectivity index (χ0n) is 18.6. The van der Waals surface area contributed by atoms with E-state index in [1.54, 1.807) is 6.07 Å². The number of carbonyl (C=O) groups is 2. The van der Waals surface area contributed by atoms with E-state index < -0.39 is 0 Å². The Balaban J connectivity index is 1.56. The summed E-state index contributed by atoms with van der Waals surface area (Å²) in [4.78, 5) is 23.9. The van der Waals surface area contributed by atoms with Gasteiger partial charge in [0.2, 0.25) is 11.8 Å². The predicted molar refractivity (Wildman–Crippen MR) is 137 cm³/mol. The molecule has 0 saturated carbocycles. The van der Waals surface area contributed by atoms with Gasteiger partial charge < -0.3 is 10.6 Å². The van der Waals surface area contributed by atoms with Crippen molar-refractivity contribution in [3.63, 3.8) is 0 Å². The lowest BCUT2D eigenvalue weighted by Gasteiger charge is -2.11. The van der Waals surface area contributed by atoms with Gasteiger partial charge in [0, 0.05) is 34.6 Å². The molecule has 4 aromatic rings. The first-order valence-corrected chi connectivity index (χ1v) is 11.8. The quantitative estimate of drug-likeness (QED) is 0.329. The van der Waals surface area contributed by atoms with Crippen LogP contribution in [0.2, 0.25) is 5.02 Å². The topological polar surface area (TPSA) is 88.9 Å². The van der Waals surface area contributed by atoms with Gasteiger partial charge in [-0.05, 0) is 61.0 Å². The van der Waals surface area contributed by atoms with Gasteiger partial charge in [0.05, 0.1) is 5.75 Å². The fraction of sp³-hybridized carbons (Fsp3) is 0.120. The molecule has 3 aromatic carbocycles. The van der Waals surface area contributed by atoms with Crippen molar-refractivity contribution in [3.05, 3.63) is 83.4 Å². The van der Waals surface area contributed by atoms with Gasteiger partial charge in [-0.3, -0.25) is 14.2 Å². The molecule has 0 radical (unpaired) electrons. The summed E-state index contributed by atoms with van der Waals surface area (Å²) in [6, 6.07) is 22.5. The van der Waals surface area contributed by atoms with Gasteiger partial charge >= 0.3 is 0 Å². The van der Waals surface area contributed by atoms with Crippen LogP contribution in [0.1, 0.15) is 12.5 Å². The summed E-state index contributed by atoms with van der Waals surface area (Å²) in [7, 11) is 0. The van der Waals surface area contributed by atoms with E-state index in [0.29, 0.717) is 27.4 Å². The Morgan fingerprint density at radius 2 is 1.65 bits per heavy atom. The zero-order valence-corrected chi connectivity index (χ0v) is 20.2. The molecule has 7 nitrogen and oxygen atoms in total. The highest BCUT2D eigenvalue weighted by atomic mass is 35.5. The molecule has 4 rings (SSSR count). The van der Waals surface area contributed by atoms with Gasteiger partial charge in [-0.25, -0.2) is 0 Å². The molecular weight excluding hydrogens is 470 g/mol. The van der Waals surface area contributed by atoms with E-state index in [-0.39, 0.29) is 17.6 Å². The SMILES string of the molecule is CC(=O)Nc1ccc(-c2nnc(SCC(=O)Nc3ccc(C)c(Cl)c3)n2-c2ccccc2)cc1. The average molecular weight is 492 g/mol. The molecule has 0 aliphatic rings. The Morgan fingerprint density at radius 3 is 2.32 bits per heavy atom. The van der Waals surface area contributed by atoms with Crippen molar-refractivity contribution in [2.75, 3.05) is 16.4 Å². The van der Waals surface area contributed by atoms with Crippen LogP contribution in [-0.2, 0) is 9.59 Å². The van der Waals surface area contributed by atoms with Crippen molar-refractivity contribution in [2.45, 2.75) is 19.0 Å². The first-order valence-electron chi connectivity index (χ1n) is 10.5. The molecular formula is C25H22ClN5O2S. The lowest BCUT2D eigenvalue weighted by atomic mass is 10.2. The van der Waals surface area contributed by atoms with E-state index >= 15 is 0 Å². The fourth-order valence-corrected chi connectivity index (χ4v) is 4.20. The van der Waals surface area contributed by atoms with Gasteiger partial charge in [-0.15, -0.1) is 10.2 Å². The van der Waals surface area contributed by atoms with Crippen molar-refractivity contribution in [2.24, 2.45) is 0 Å². The highest BCUT2D eigenvalue weighted by Crippen LogP contribution is 2.29. The highest BCUT2D eigenvalue weighted by Gasteiger charge is 2.17. The van der Waals surface area contributed by atoms with Crippen LogP contribution in [0.4, 0.5) is 11.4 Å². The van der Waals surface area contributed by atoms with Crippen LogP contribution in [0.3, 0.4) is 0 Å². The van der Waals surface area contributed by atoms with Crippen LogP contribution in [0.5, 0.6) is 0 Å². The molecule has 0 saturated heterocycles. The normalized spacial score (nSPS) is 10.7. The number of nitrogens with one attached hydrogen (secondary N) is 2. The fourth-order valence-electron chi connectivity index (χ4n) is 3.26. The standard InChI is InChI=1S/C25H22ClN5O2S/c1-16-8-11-20(14-22(16)26)28-23(33)15-34-25-30-29-24(31(25)21-6-4-3-5-7-21)18-9-12-19(13-10-18)27-17(2)32/h3-14H,15H2,1-2H3,(H,27,32)(H,28,33). The lowest BCUT2D eigenvalue weighted by molar-refractivity contribution is -0.114. The number of halogens is 1. The number of nitrogens with zero attached hydrogens (tertiary/aromatic N) is 3. The Bertz CT molecular complexity index is 1320. The van der Waals surface area contributed by atoms with Crippen molar-refractivity contribution in [3.8, 4) is 17.1 Å². The third kappa shape index (κ3) is 5.65. The minimum atomic E-state index is -0.172. The van der Waals surface area contributed by atoms with Gasteiger partial charge in [0.15, 0.2) is 11.0 Å². The molecule has 2 amide bonds. The summed E-state index contributed by atoms with van der Waals surface area (Å²) in [5, 5.41) is 15.5. The number of aryl methyl sites for hydroxylation is 1. The molecule has 0 atom stereocenters. The summed E-state index contributed by atoms with van der Waals surface area (Å²) in [6.07, 6.45) is 0. The van der Waals surface area contributed by atoms with E-state index in [1.807, 2.05) is 78.2 Å². The third-order valence-electron chi connectivity index (χ3n) is 4.90. The molecule has 0 aliphatic carbocycles. The van der Waals surface area contributed by atoms with Crippen LogP contribution in [-0.4, -0.2) is 32.3 Å². The predicted octanol–water partition coefficient (Wildman–Crippen LogP) is 5.59. The third-order valence-corrected chi connectivity index (χ3v) is 6.24. The van der Waals surface area contributed by atoms with Crippen molar-refractivity contribution in [1.29, 1.82) is 0 Å². The Kier molecular flexibility index (Phi) is 7.30. The Hall–Kier alpha value is -3.62. The van der Waals surface area contributed by atoms with Gasteiger partial charge in [0.1, 0.15) is 0 Å². The molecule has 1 aromatic heterocycles. The van der Waals surface area contributed by atoms with E-state index in [4.69, 9.17) is 11.6 Å². The van der Waals surface area contributed by atoms with Gasteiger partial charge in [-0.1, -0.05) is 47.6 Å². The summed E-state index contributed by atoms with van der Waals surface area (Å²) >= 11 is 7.45. The highest BCUT2D eigenvalue weighted by molar-refractivity contribution is 7.99. The second-order valence-corrected chi connectivity index (χ2v) is 8.89. The van der Waals surface area contributed by atoms with Crippen LogP contribution in [0, 0.1) is 6.92 Å². The number of benzene rings is 3. The number of carbonyl (C=O) groups excluding carboxylic acids is 2. The van der Waals surface area contributed by atoms with Crippen molar-refractivity contribution >= 4 is 46.6 Å². The zero-order chi connectivity index (χ0) is 24.1. The molecule has 0 unspecified atom stereocenters. The van der Waals surface area contributed by atoms with E-state index in [2.05, 4.69) is 20.8 Å². The summed E-state index contributed by atoms with van der Waals surface area (Å²) < 4.78 is 1.91. The maximum Gasteiger partial charge on any atom is 0.234 e. The maximum absolute atomic E-state index is 12.6. The van der Waals surface area contributed by atoms with Crippen molar-refractivity contribution < 1.29 is 9.59 Å². The van der Waals surface area contributed by atoms with Crippen molar-refractivity contribution in [1.82, 2.24) is 14.8 Å². The average Bonchev–Trinajstić information content (AvgIpc) is 3.25. The molecule has 1 heterocycles. The van der Waals surface area contributed by atoms with Crippen LogP contribution < -0.4 is 10.6 Å². The number of rotatable bonds is 7. The van der Waals surface area contributed by atoms with Crippen LogP contribution in [0.25, 0.3) is 17.1 Å². The number of para-hydroxylation sites is 1.